The van der Waals surface area contributed by atoms with Crippen molar-refractivity contribution in [3.8, 4) is 0 Å². The standard InChI is InChI=1S/C15H20ClNO4/c1-15(2,3)21-14(20)17-9-11(13(18)19)8-10-6-4-5-7-12(10)16/h4-7,11H,8-9H2,1-3H3,(H,17,20)(H,18,19). The Morgan fingerprint density at radius 1 is 1.33 bits per heavy atom. The van der Waals surface area contributed by atoms with Gasteiger partial charge in [0.25, 0.3) is 0 Å². The fraction of sp³-hybridized carbons (Fsp3) is 0.467. The van der Waals surface area contributed by atoms with Gasteiger partial charge in [-0.2, -0.15) is 0 Å². The zero-order valence-electron chi connectivity index (χ0n) is 12.4. The summed E-state index contributed by atoms with van der Waals surface area (Å²) in [4.78, 5) is 22.8. The molecule has 0 aliphatic rings. The van der Waals surface area contributed by atoms with Gasteiger partial charge in [0.15, 0.2) is 0 Å². The second-order valence-corrected chi connectivity index (χ2v) is 6.12. The van der Waals surface area contributed by atoms with Crippen molar-refractivity contribution in [2.24, 2.45) is 5.92 Å². The quantitative estimate of drug-likeness (QED) is 0.875. The van der Waals surface area contributed by atoms with Gasteiger partial charge in [0.1, 0.15) is 5.60 Å². The first-order chi connectivity index (χ1) is 9.69. The number of rotatable bonds is 5. The van der Waals surface area contributed by atoms with Gasteiger partial charge >= 0.3 is 12.1 Å². The lowest BCUT2D eigenvalue weighted by molar-refractivity contribution is -0.141. The third-order valence-electron chi connectivity index (χ3n) is 2.67. The van der Waals surface area contributed by atoms with Gasteiger partial charge in [0.2, 0.25) is 0 Å². The number of benzene rings is 1. The van der Waals surface area contributed by atoms with Crippen LogP contribution in [0.4, 0.5) is 4.79 Å². The van der Waals surface area contributed by atoms with Crippen LogP contribution < -0.4 is 5.32 Å². The summed E-state index contributed by atoms with van der Waals surface area (Å²) in [5.41, 5.74) is 0.114. The van der Waals surface area contributed by atoms with Gasteiger partial charge in [0, 0.05) is 11.6 Å². The van der Waals surface area contributed by atoms with E-state index in [2.05, 4.69) is 5.32 Å². The van der Waals surface area contributed by atoms with Crippen LogP contribution in [0.5, 0.6) is 0 Å². The lowest BCUT2D eigenvalue weighted by atomic mass is 9.99. The van der Waals surface area contributed by atoms with E-state index in [1.54, 1.807) is 45.0 Å². The van der Waals surface area contributed by atoms with Crippen molar-refractivity contribution in [3.05, 3.63) is 34.9 Å². The maximum absolute atomic E-state index is 11.6. The van der Waals surface area contributed by atoms with Gasteiger partial charge in [-0.05, 0) is 38.8 Å². The number of halogens is 1. The molecule has 1 aromatic carbocycles. The van der Waals surface area contributed by atoms with Crippen LogP contribution in [0.1, 0.15) is 26.3 Å². The first kappa shape index (κ1) is 17.3. The summed E-state index contributed by atoms with van der Waals surface area (Å²) in [7, 11) is 0. The highest BCUT2D eigenvalue weighted by molar-refractivity contribution is 6.31. The molecule has 2 N–H and O–H groups in total. The van der Waals surface area contributed by atoms with Crippen LogP contribution in [-0.4, -0.2) is 29.3 Å². The van der Waals surface area contributed by atoms with Crippen molar-refractivity contribution in [1.82, 2.24) is 5.32 Å². The summed E-state index contributed by atoms with van der Waals surface area (Å²) in [6.45, 7) is 5.20. The molecule has 1 amide bonds. The molecule has 0 aliphatic heterocycles. The second-order valence-electron chi connectivity index (χ2n) is 5.71. The number of carbonyl (C=O) groups excluding carboxylic acids is 1. The maximum atomic E-state index is 11.6. The van der Waals surface area contributed by atoms with Crippen LogP contribution >= 0.6 is 11.6 Å². The normalized spacial score (nSPS) is 12.6. The Kier molecular flexibility index (Phi) is 6.03. The molecular weight excluding hydrogens is 294 g/mol. The first-order valence-corrected chi connectivity index (χ1v) is 7.00. The average molecular weight is 314 g/mol. The van der Waals surface area contributed by atoms with E-state index in [0.29, 0.717) is 5.02 Å². The predicted octanol–water partition coefficient (Wildman–Crippen LogP) is 3.11. The number of carbonyl (C=O) groups is 2. The zero-order chi connectivity index (χ0) is 16.0. The van der Waals surface area contributed by atoms with E-state index in [9.17, 15) is 14.7 Å². The van der Waals surface area contributed by atoms with Gasteiger partial charge in [-0.15, -0.1) is 0 Å². The highest BCUT2D eigenvalue weighted by atomic mass is 35.5. The number of amides is 1. The van der Waals surface area contributed by atoms with Crippen LogP contribution in [0.3, 0.4) is 0 Å². The molecular formula is C15H20ClNO4. The summed E-state index contributed by atoms with van der Waals surface area (Å²) in [5, 5.41) is 12.2. The topological polar surface area (TPSA) is 75.6 Å². The van der Waals surface area contributed by atoms with E-state index < -0.39 is 23.6 Å². The Hall–Kier alpha value is -1.75. The Labute approximate surface area is 129 Å². The molecule has 0 fully saturated rings. The minimum atomic E-state index is -0.994. The van der Waals surface area contributed by atoms with Crippen molar-refractivity contribution in [2.45, 2.75) is 32.8 Å². The monoisotopic (exact) mass is 313 g/mol. The number of hydrogen-bond acceptors (Lipinski definition) is 3. The minimum absolute atomic E-state index is 0.0184. The van der Waals surface area contributed by atoms with Crippen LogP contribution in [0.2, 0.25) is 5.02 Å². The second kappa shape index (κ2) is 7.31. The minimum Gasteiger partial charge on any atom is -0.481 e. The molecule has 0 saturated carbocycles. The summed E-state index contributed by atoms with van der Waals surface area (Å²) < 4.78 is 5.07. The molecule has 0 radical (unpaired) electrons. The Bertz CT molecular complexity index is 511. The fourth-order valence-electron chi connectivity index (χ4n) is 1.70. The van der Waals surface area contributed by atoms with E-state index >= 15 is 0 Å². The van der Waals surface area contributed by atoms with E-state index in [-0.39, 0.29) is 13.0 Å². The number of ether oxygens (including phenoxy) is 1. The fourth-order valence-corrected chi connectivity index (χ4v) is 1.91. The van der Waals surface area contributed by atoms with E-state index in [4.69, 9.17) is 16.3 Å². The average Bonchev–Trinajstić information content (AvgIpc) is 2.34. The van der Waals surface area contributed by atoms with Crippen molar-refractivity contribution in [2.75, 3.05) is 6.54 Å². The van der Waals surface area contributed by atoms with Gasteiger partial charge in [-0.3, -0.25) is 4.79 Å². The smallest absolute Gasteiger partial charge is 0.407 e. The van der Waals surface area contributed by atoms with Gasteiger partial charge in [0.05, 0.1) is 5.92 Å². The molecule has 0 spiro atoms. The Morgan fingerprint density at radius 3 is 2.48 bits per heavy atom. The van der Waals surface area contributed by atoms with E-state index in [0.717, 1.165) is 5.56 Å². The van der Waals surface area contributed by atoms with E-state index in [1.807, 2.05) is 0 Å². The van der Waals surface area contributed by atoms with Crippen molar-refractivity contribution in [3.63, 3.8) is 0 Å². The van der Waals surface area contributed by atoms with Crippen molar-refractivity contribution >= 4 is 23.7 Å². The zero-order valence-corrected chi connectivity index (χ0v) is 13.1. The van der Waals surface area contributed by atoms with Gasteiger partial charge in [-0.1, -0.05) is 29.8 Å². The first-order valence-electron chi connectivity index (χ1n) is 6.62. The molecule has 1 rings (SSSR count). The number of hydrogen-bond donors (Lipinski definition) is 2. The number of carboxylic acid groups (broad SMARTS) is 1. The van der Waals surface area contributed by atoms with Crippen LogP contribution in [0.15, 0.2) is 24.3 Å². The third kappa shape index (κ3) is 6.49. The number of nitrogens with one attached hydrogen (secondary N) is 1. The van der Waals surface area contributed by atoms with Crippen LogP contribution in [-0.2, 0) is 16.0 Å². The molecule has 1 atom stereocenters. The lowest BCUT2D eigenvalue weighted by Crippen LogP contribution is -2.37. The molecule has 0 saturated heterocycles. The highest BCUT2D eigenvalue weighted by Gasteiger charge is 2.22. The number of alkyl carbamates (subject to hydrolysis) is 1. The SMILES string of the molecule is CC(C)(C)OC(=O)NCC(Cc1ccccc1Cl)C(=O)O. The molecule has 21 heavy (non-hydrogen) atoms. The molecule has 0 aliphatic carbocycles. The van der Waals surface area contributed by atoms with Crippen molar-refractivity contribution < 1.29 is 19.4 Å². The van der Waals surface area contributed by atoms with Gasteiger partial charge < -0.3 is 15.2 Å². The Morgan fingerprint density at radius 2 is 1.95 bits per heavy atom. The molecule has 5 nitrogen and oxygen atoms in total. The lowest BCUT2D eigenvalue weighted by Gasteiger charge is -2.21. The summed E-state index contributed by atoms with van der Waals surface area (Å²) in [5.74, 6) is -1.76. The summed E-state index contributed by atoms with van der Waals surface area (Å²) in [6, 6.07) is 7.05. The molecule has 1 aromatic rings. The van der Waals surface area contributed by atoms with Crippen molar-refractivity contribution in [1.29, 1.82) is 0 Å². The van der Waals surface area contributed by atoms with Gasteiger partial charge in [-0.25, -0.2) is 4.79 Å². The molecule has 1 unspecified atom stereocenters. The molecule has 0 bridgehead atoms. The maximum Gasteiger partial charge on any atom is 0.407 e. The highest BCUT2D eigenvalue weighted by Crippen LogP contribution is 2.19. The summed E-state index contributed by atoms with van der Waals surface area (Å²) in [6.07, 6.45) is -0.391. The van der Waals surface area contributed by atoms with E-state index in [1.165, 1.54) is 0 Å². The third-order valence-corrected chi connectivity index (χ3v) is 3.03. The number of aliphatic carboxylic acids is 1. The summed E-state index contributed by atoms with van der Waals surface area (Å²) >= 11 is 6.02. The van der Waals surface area contributed by atoms with Crippen LogP contribution in [0.25, 0.3) is 0 Å². The molecule has 6 heteroatoms. The largest absolute Gasteiger partial charge is 0.481 e. The Balaban J connectivity index is 2.61. The molecule has 0 aromatic heterocycles. The van der Waals surface area contributed by atoms with Crippen LogP contribution in [0, 0.1) is 5.92 Å². The molecule has 0 heterocycles. The molecule has 116 valence electrons. The number of carboxylic acids is 1. The predicted molar refractivity (Wildman–Crippen MR) is 80.5 cm³/mol.